The number of thiophene rings is 1. The van der Waals surface area contributed by atoms with Crippen molar-refractivity contribution in [3.05, 3.63) is 68.4 Å². The van der Waals surface area contributed by atoms with Gasteiger partial charge in [0.05, 0.1) is 31.4 Å². The molecule has 39 heavy (non-hydrogen) atoms. The van der Waals surface area contributed by atoms with Crippen LogP contribution in [-0.2, 0) is 16.1 Å². The molecule has 0 aliphatic carbocycles. The Morgan fingerprint density at radius 1 is 1.23 bits per heavy atom. The molecule has 5 rings (SSSR count). The number of hydrogen-bond donors (Lipinski definition) is 1. The van der Waals surface area contributed by atoms with Crippen LogP contribution in [0, 0.1) is 12.7 Å². The first-order valence-corrected chi connectivity index (χ1v) is 13.5. The van der Waals surface area contributed by atoms with Gasteiger partial charge in [-0.1, -0.05) is 18.3 Å². The number of ether oxygens (including phenoxy) is 2. The van der Waals surface area contributed by atoms with Gasteiger partial charge in [-0.15, -0.1) is 4.80 Å². The average Bonchev–Trinajstić information content (AvgIpc) is 3.57. The minimum atomic E-state index is -0.946. The van der Waals surface area contributed by atoms with Crippen LogP contribution in [0.25, 0.3) is 15.2 Å². The maximum Gasteiger partial charge on any atom is 0.332 e. The lowest BCUT2D eigenvalue weighted by Crippen LogP contribution is -2.49. The number of halogens is 1. The predicted octanol–water partition coefficient (Wildman–Crippen LogP) is 2.88. The van der Waals surface area contributed by atoms with Gasteiger partial charge in [0.1, 0.15) is 33.5 Å². The number of amides is 1. The van der Waals surface area contributed by atoms with Crippen molar-refractivity contribution in [2.45, 2.75) is 51.8 Å². The van der Waals surface area contributed by atoms with Gasteiger partial charge in [-0.2, -0.15) is 10.2 Å². The highest BCUT2D eigenvalue weighted by Gasteiger charge is 2.31. The summed E-state index contributed by atoms with van der Waals surface area (Å²) in [5.41, 5.74) is -0.170. The Balaban J connectivity index is 1.76. The maximum atomic E-state index is 14.4. The Labute approximate surface area is 226 Å². The SMILES string of the molecule is CCCO[C@@H](Cn1c(=O)n([C@H]2CCCNC2=O)c(=O)c2c(C)c(-n3nccn3)sc21)c1cc(F)ccc1OC. The number of aromatic nitrogens is 5. The number of rotatable bonds is 9. The first-order valence-electron chi connectivity index (χ1n) is 12.7. The topological polar surface area (TPSA) is 122 Å². The number of nitrogens with one attached hydrogen (secondary N) is 1. The van der Waals surface area contributed by atoms with E-state index in [9.17, 15) is 18.8 Å². The molecule has 1 N–H and O–H groups in total. The van der Waals surface area contributed by atoms with Crippen LogP contribution in [0.1, 0.15) is 49.5 Å². The molecule has 0 bridgehead atoms. The van der Waals surface area contributed by atoms with Crippen LogP contribution in [0.15, 0.2) is 40.2 Å². The van der Waals surface area contributed by atoms with Crippen LogP contribution < -0.4 is 21.3 Å². The zero-order valence-corrected chi connectivity index (χ0v) is 22.7. The standard InChI is InChI=1S/C26H29FN6O5S/c1-4-12-38-20(17-13-16(27)7-8-19(17)37-3)14-31-25-21(15(2)24(39-25)33-29-10-11-30-33)23(35)32(26(31)36)18-6-5-9-28-22(18)34/h7-8,10-11,13,18,20H,4-6,9,12,14H2,1-3H3,(H,28,34)/t18-,20-/m0/s1. The molecule has 0 saturated carbocycles. The van der Waals surface area contributed by atoms with Crippen LogP contribution in [-0.4, -0.2) is 50.3 Å². The third kappa shape index (κ3) is 4.87. The van der Waals surface area contributed by atoms with Crippen LogP contribution >= 0.6 is 11.3 Å². The summed E-state index contributed by atoms with van der Waals surface area (Å²) in [5, 5.41) is 12.0. The van der Waals surface area contributed by atoms with Crippen molar-refractivity contribution < 1.29 is 18.7 Å². The molecule has 13 heteroatoms. The zero-order valence-electron chi connectivity index (χ0n) is 21.8. The summed E-state index contributed by atoms with van der Waals surface area (Å²) < 4.78 is 28.5. The van der Waals surface area contributed by atoms with Crippen LogP contribution in [0.4, 0.5) is 4.39 Å². The molecule has 1 amide bonds. The van der Waals surface area contributed by atoms with Crippen molar-refractivity contribution in [2.24, 2.45) is 0 Å². The number of carbonyl (C=O) groups is 1. The lowest BCUT2D eigenvalue weighted by molar-refractivity contribution is -0.126. The molecule has 0 unspecified atom stereocenters. The van der Waals surface area contributed by atoms with Gasteiger partial charge < -0.3 is 14.8 Å². The summed E-state index contributed by atoms with van der Waals surface area (Å²) in [7, 11) is 1.48. The molecule has 1 saturated heterocycles. The van der Waals surface area contributed by atoms with Gasteiger partial charge in [0.15, 0.2) is 0 Å². The lowest BCUT2D eigenvalue weighted by Gasteiger charge is -2.26. The highest BCUT2D eigenvalue weighted by molar-refractivity contribution is 7.21. The zero-order chi connectivity index (χ0) is 27.7. The molecule has 1 fully saturated rings. The summed E-state index contributed by atoms with van der Waals surface area (Å²) >= 11 is 1.19. The molecule has 1 aromatic carbocycles. The minimum Gasteiger partial charge on any atom is -0.496 e. The average molecular weight is 557 g/mol. The molecule has 0 radical (unpaired) electrons. The van der Waals surface area contributed by atoms with Crippen molar-refractivity contribution in [1.82, 2.24) is 29.4 Å². The van der Waals surface area contributed by atoms with Crippen molar-refractivity contribution in [1.29, 1.82) is 0 Å². The normalized spacial score (nSPS) is 16.4. The summed E-state index contributed by atoms with van der Waals surface area (Å²) in [6.07, 6.45) is 3.94. The second kappa shape index (κ2) is 11.1. The van der Waals surface area contributed by atoms with E-state index in [4.69, 9.17) is 9.47 Å². The van der Waals surface area contributed by atoms with E-state index in [2.05, 4.69) is 15.5 Å². The smallest absolute Gasteiger partial charge is 0.332 e. The molecule has 3 aromatic heterocycles. The largest absolute Gasteiger partial charge is 0.496 e. The Morgan fingerprint density at radius 2 is 2.00 bits per heavy atom. The number of hydrogen-bond acceptors (Lipinski definition) is 8. The molecule has 4 aromatic rings. The number of nitrogens with zero attached hydrogens (tertiary/aromatic N) is 5. The maximum absolute atomic E-state index is 14.4. The van der Waals surface area contributed by atoms with Crippen LogP contribution in [0.2, 0.25) is 0 Å². The van der Waals surface area contributed by atoms with E-state index >= 15 is 0 Å². The number of benzene rings is 1. The van der Waals surface area contributed by atoms with Gasteiger partial charge >= 0.3 is 5.69 Å². The summed E-state index contributed by atoms with van der Waals surface area (Å²) in [6, 6.07) is 3.18. The van der Waals surface area contributed by atoms with Gasteiger partial charge in [0.2, 0.25) is 5.91 Å². The number of fused-ring (bicyclic) bond motifs is 1. The molecule has 4 heterocycles. The molecule has 1 aliphatic rings. The highest BCUT2D eigenvalue weighted by atomic mass is 32.1. The van der Waals surface area contributed by atoms with Gasteiger partial charge in [0.25, 0.3) is 5.56 Å². The summed E-state index contributed by atoms with van der Waals surface area (Å²) in [6.45, 7) is 4.49. The molecular weight excluding hydrogens is 527 g/mol. The van der Waals surface area contributed by atoms with E-state index < -0.39 is 29.2 Å². The van der Waals surface area contributed by atoms with E-state index in [1.165, 1.54) is 58.4 Å². The second-order valence-corrected chi connectivity index (χ2v) is 10.3. The van der Waals surface area contributed by atoms with Crippen LogP contribution in [0.5, 0.6) is 5.75 Å². The Bertz CT molecular complexity index is 1630. The quantitative estimate of drug-likeness (QED) is 0.336. The second-order valence-electron chi connectivity index (χ2n) is 9.29. The Kier molecular flexibility index (Phi) is 7.62. The molecule has 1 aliphatic heterocycles. The Morgan fingerprint density at radius 3 is 2.69 bits per heavy atom. The molecule has 0 spiro atoms. The van der Waals surface area contributed by atoms with Gasteiger partial charge in [-0.3, -0.25) is 14.2 Å². The first-order chi connectivity index (χ1) is 18.8. The van der Waals surface area contributed by atoms with Gasteiger partial charge in [-0.05, 0) is 44.4 Å². The molecular formula is C26H29FN6O5S. The van der Waals surface area contributed by atoms with E-state index in [1.54, 1.807) is 6.92 Å². The fourth-order valence-electron chi connectivity index (χ4n) is 4.93. The minimum absolute atomic E-state index is 0.0459. The highest BCUT2D eigenvalue weighted by Crippen LogP contribution is 2.34. The van der Waals surface area contributed by atoms with E-state index in [0.717, 1.165) is 4.57 Å². The first kappa shape index (κ1) is 26.8. The Hall–Kier alpha value is -3.84. The third-order valence-electron chi connectivity index (χ3n) is 6.80. The van der Waals surface area contributed by atoms with Gasteiger partial charge in [-0.25, -0.2) is 13.8 Å². The van der Waals surface area contributed by atoms with Gasteiger partial charge in [0, 0.05) is 24.3 Å². The predicted molar refractivity (Wildman–Crippen MR) is 143 cm³/mol. The summed E-state index contributed by atoms with van der Waals surface area (Å²) in [4.78, 5) is 42.5. The van der Waals surface area contributed by atoms with E-state index in [-0.39, 0.29) is 12.5 Å². The number of carbonyl (C=O) groups excluding carboxylic acids is 1. The molecule has 11 nitrogen and oxygen atoms in total. The number of methoxy groups -OCH3 is 1. The van der Waals surface area contributed by atoms with Crippen LogP contribution in [0.3, 0.4) is 0 Å². The summed E-state index contributed by atoms with van der Waals surface area (Å²) in [5.74, 6) is -0.444. The van der Waals surface area contributed by atoms with E-state index in [1.807, 2.05) is 6.92 Å². The number of aryl methyl sites for hydroxylation is 1. The fraction of sp³-hybridized carbons (Fsp3) is 0.423. The number of piperidine rings is 1. The molecule has 2 atom stereocenters. The molecule has 206 valence electrons. The van der Waals surface area contributed by atoms with Crippen molar-refractivity contribution >= 4 is 27.5 Å². The van der Waals surface area contributed by atoms with Crippen molar-refractivity contribution in [3.8, 4) is 10.8 Å². The monoisotopic (exact) mass is 556 g/mol. The van der Waals surface area contributed by atoms with Crippen molar-refractivity contribution in [3.63, 3.8) is 0 Å². The lowest BCUT2D eigenvalue weighted by atomic mass is 10.1. The van der Waals surface area contributed by atoms with E-state index in [0.29, 0.717) is 64.5 Å². The third-order valence-corrected chi connectivity index (χ3v) is 8.08. The van der Waals surface area contributed by atoms with Crippen molar-refractivity contribution in [2.75, 3.05) is 20.3 Å². The fourth-order valence-corrected chi connectivity index (χ4v) is 6.15.